The molecule has 1 unspecified atom stereocenters. The Bertz CT molecular complexity index is 1150. The van der Waals surface area contributed by atoms with Gasteiger partial charge in [0, 0.05) is 73.8 Å². The third-order valence-corrected chi connectivity index (χ3v) is 8.55. The van der Waals surface area contributed by atoms with Gasteiger partial charge in [0.2, 0.25) is 5.95 Å². The summed E-state index contributed by atoms with van der Waals surface area (Å²) in [6, 6.07) is 9.98. The van der Waals surface area contributed by atoms with Crippen molar-refractivity contribution >= 4 is 22.7 Å². The number of fused-ring (bicyclic) bond motifs is 1. The van der Waals surface area contributed by atoms with E-state index in [1.54, 1.807) is 0 Å². The molecule has 1 aromatic carbocycles. The fraction of sp³-hybridized carbons (Fsp3) is 0.571. The van der Waals surface area contributed by atoms with Gasteiger partial charge in [-0.25, -0.2) is 4.98 Å². The molecular weight excluding hydrogens is 434 g/mol. The molecule has 0 amide bonds. The molecule has 2 aliphatic carbocycles. The van der Waals surface area contributed by atoms with Crippen molar-refractivity contribution < 1.29 is 0 Å². The Hall–Kier alpha value is -2.64. The van der Waals surface area contributed by atoms with Gasteiger partial charge in [-0.1, -0.05) is 25.5 Å². The number of hydrogen-bond acceptors (Lipinski definition) is 6. The van der Waals surface area contributed by atoms with E-state index in [4.69, 9.17) is 15.7 Å². The summed E-state index contributed by atoms with van der Waals surface area (Å²) in [7, 11) is 0. The molecule has 7 heteroatoms. The second-order valence-electron chi connectivity index (χ2n) is 10.9. The highest BCUT2D eigenvalue weighted by molar-refractivity contribution is 5.94. The summed E-state index contributed by atoms with van der Waals surface area (Å²) in [6.45, 7) is 7.35. The minimum atomic E-state index is 0.379. The first-order valence-electron chi connectivity index (χ1n) is 13.6. The van der Waals surface area contributed by atoms with Gasteiger partial charge in [0.15, 0.2) is 0 Å². The summed E-state index contributed by atoms with van der Waals surface area (Å²) in [5.74, 6) is 0.742. The maximum Gasteiger partial charge on any atom is 0.224 e. The Morgan fingerprint density at radius 1 is 1.14 bits per heavy atom. The first-order valence-corrected chi connectivity index (χ1v) is 13.6. The predicted molar refractivity (Wildman–Crippen MR) is 144 cm³/mol. The lowest BCUT2D eigenvalue weighted by atomic mass is 9.83. The molecule has 3 heterocycles. The first-order chi connectivity index (χ1) is 17.2. The molecule has 3 fully saturated rings. The number of nitrogens with zero attached hydrogens (tertiary/aromatic N) is 4. The normalized spacial score (nSPS) is 26.4. The van der Waals surface area contributed by atoms with Crippen molar-refractivity contribution in [3.8, 4) is 11.1 Å². The zero-order chi connectivity index (χ0) is 23.8. The fourth-order valence-corrected chi connectivity index (χ4v) is 6.21. The minimum Gasteiger partial charge on any atom is -0.369 e. The van der Waals surface area contributed by atoms with Crippen LogP contribution in [-0.2, 0) is 0 Å². The van der Waals surface area contributed by atoms with Crippen molar-refractivity contribution in [3.05, 3.63) is 36.7 Å². The molecule has 1 atom stereocenters. The van der Waals surface area contributed by atoms with Gasteiger partial charge in [-0.3, -0.25) is 0 Å². The third kappa shape index (κ3) is 4.40. The molecule has 1 saturated heterocycles. The van der Waals surface area contributed by atoms with E-state index in [1.165, 1.54) is 36.1 Å². The molecule has 6 rings (SSSR count). The van der Waals surface area contributed by atoms with Crippen LogP contribution in [0.3, 0.4) is 0 Å². The Morgan fingerprint density at radius 3 is 2.66 bits per heavy atom. The molecule has 4 N–H and O–H groups in total. The number of rotatable bonds is 7. The van der Waals surface area contributed by atoms with E-state index in [-0.39, 0.29) is 0 Å². The highest BCUT2D eigenvalue weighted by atomic mass is 15.2. The van der Waals surface area contributed by atoms with E-state index in [1.807, 2.05) is 6.20 Å². The molecular formula is C28H39N7. The second-order valence-corrected chi connectivity index (χ2v) is 10.9. The number of unbranched alkanes of at least 4 members (excludes halogenated alkanes) is 1. The molecule has 7 nitrogen and oxygen atoms in total. The minimum absolute atomic E-state index is 0.379. The Balaban J connectivity index is 1.34. The number of nitrogens with one attached hydrogen (secondary N) is 2. The highest BCUT2D eigenvalue weighted by Crippen LogP contribution is 2.65. The second kappa shape index (κ2) is 9.43. The summed E-state index contributed by atoms with van der Waals surface area (Å²) in [5, 5.41) is 8.02. The first kappa shape index (κ1) is 22.8. The van der Waals surface area contributed by atoms with E-state index < -0.39 is 0 Å². The van der Waals surface area contributed by atoms with E-state index in [0.29, 0.717) is 17.5 Å². The van der Waals surface area contributed by atoms with Gasteiger partial charge in [0.05, 0.1) is 0 Å². The molecule has 186 valence electrons. The number of aromatic nitrogens is 3. The molecule has 0 radical (unpaired) electrons. The number of nitrogens with two attached hydrogens (primary N) is 1. The third-order valence-electron chi connectivity index (χ3n) is 8.55. The molecule has 1 spiro atoms. The van der Waals surface area contributed by atoms with Crippen molar-refractivity contribution in [2.45, 2.75) is 64.0 Å². The summed E-state index contributed by atoms with van der Waals surface area (Å²) in [6.07, 6.45) is 12.7. The molecule has 2 aromatic heterocycles. The van der Waals surface area contributed by atoms with Gasteiger partial charge in [-0.05, 0) is 61.6 Å². The van der Waals surface area contributed by atoms with E-state index in [0.717, 1.165) is 75.4 Å². The molecule has 3 aromatic rings. The fourth-order valence-electron chi connectivity index (χ4n) is 6.21. The van der Waals surface area contributed by atoms with Gasteiger partial charge in [-0.2, -0.15) is 4.98 Å². The molecule has 3 aliphatic rings. The van der Waals surface area contributed by atoms with Gasteiger partial charge >= 0.3 is 0 Å². The Kier molecular flexibility index (Phi) is 6.14. The lowest BCUT2D eigenvalue weighted by Crippen LogP contribution is -2.43. The monoisotopic (exact) mass is 473 g/mol. The van der Waals surface area contributed by atoms with Gasteiger partial charge < -0.3 is 25.8 Å². The number of benzene rings is 1. The average Bonchev–Trinajstić information content (AvgIpc) is 3.47. The largest absolute Gasteiger partial charge is 0.369 e. The Morgan fingerprint density at radius 2 is 1.91 bits per heavy atom. The van der Waals surface area contributed by atoms with Crippen LogP contribution in [0.1, 0.15) is 57.9 Å². The van der Waals surface area contributed by atoms with Crippen molar-refractivity contribution in [2.75, 3.05) is 42.9 Å². The van der Waals surface area contributed by atoms with Gasteiger partial charge in [0.25, 0.3) is 0 Å². The van der Waals surface area contributed by atoms with E-state index in [9.17, 15) is 0 Å². The number of piperazine rings is 1. The van der Waals surface area contributed by atoms with Crippen molar-refractivity contribution in [1.82, 2.24) is 19.9 Å². The molecule has 0 bridgehead atoms. The topological polar surface area (TPSA) is 84.0 Å². The maximum absolute atomic E-state index is 6.24. The number of anilines is 2. The zero-order valence-corrected chi connectivity index (χ0v) is 21.0. The lowest BCUT2D eigenvalue weighted by molar-refractivity contribution is 0.283. The van der Waals surface area contributed by atoms with Crippen LogP contribution in [0.4, 0.5) is 11.6 Å². The maximum atomic E-state index is 6.24. The predicted octanol–water partition coefficient (Wildman–Crippen LogP) is 4.55. The SMILES string of the molecule is CCCCNc1ncc2c(-c3ccc(N4CCNCC4)cc3)cn(C3CC34CCC(N)CC4)c2n1. The lowest BCUT2D eigenvalue weighted by Gasteiger charge is -2.29. The van der Waals surface area contributed by atoms with Crippen LogP contribution >= 0.6 is 0 Å². The summed E-state index contributed by atoms with van der Waals surface area (Å²) >= 11 is 0. The van der Waals surface area contributed by atoms with Crippen LogP contribution in [0.15, 0.2) is 36.7 Å². The average molecular weight is 474 g/mol. The van der Waals surface area contributed by atoms with Crippen LogP contribution < -0.4 is 21.3 Å². The van der Waals surface area contributed by atoms with E-state index in [2.05, 4.69) is 57.5 Å². The van der Waals surface area contributed by atoms with Crippen LogP contribution in [0, 0.1) is 5.41 Å². The van der Waals surface area contributed by atoms with Crippen LogP contribution in [0.25, 0.3) is 22.2 Å². The quantitative estimate of drug-likeness (QED) is 0.437. The molecule has 2 saturated carbocycles. The molecule has 35 heavy (non-hydrogen) atoms. The highest BCUT2D eigenvalue weighted by Gasteiger charge is 2.56. The van der Waals surface area contributed by atoms with E-state index >= 15 is 0 Å². The Labute approximate surface area is 208 Å². The summed E-state index contributed by atoms with van der Waals surface area (Å²) in [4.78, 5) is 12.2. The van der Waals surface area contributed by atoms with Gasteiger partial charge in [-0.15, -0.1) is 0 Å². The van der Waals surface area contributed by atoms with Crippen LogP contribution in [0.2, 0.25) is 0 Å². The summed E-state index contributed by atoms with van der Waals surface area (Å²) < 4.78 is 2.47. The smallest absolute Gasteiger partial charge is 0.224 e. The van der Waals surface area contributed by atoms with Crippen molar-refractivity contribution in [2.24, 2.45) is 11.1 Å². The molecule has 1 aliphatic heterocycles. The van der Waals surface area contributed by atoms with Gasteiger partial charge in [0.1, 0.15) is 5.65 Å². The van der Waals surface area contributed by atoms with Crippen LogP contribution in [0.5, 0.6) is 0 Å². The number of hydrogen-bond donors (Lipinski definition) is 3. The van der Waals surface area contributed by atoms with Crippen molar-refractivity contribution in [3.63, 3.8) is 0 Å². The van der Waals surface area contributed by atoms with Crippen LogP contribution in [-0.4, -0.2) is 53.3 Å². The van der Waals surface area contributed by atoms with Crippen molar-refractivity contribution in [1.29, 1.82) is 0 Å². The summed E-state index contributed by atoms with van der Waals surface area (Å²) in [5.41, 5.74) is 11.5. The standard InChI is InChI=1S/C28H39N7/c1-2-3-12-31-27-32-18-23-24(20-4-6-22(7-5-20)34-15-13-30-14-16-34)19-35(26(23)33-27)25-17-28(25)10-8-21(29)9-11-28/h4-7,18-19,21,25,30H,2-3,8-17,29H2,1H3,(H,31,32,33). The zero-order valence-electron chi connectivity index (χ0n) is 21.0.